The van der Waals surface area contributed by atoms with Crippen molar-refractivity contribution < 1.29 is 9.53 Å². The van der Waals surface area contributed by atoms with E-state index in [-0.39, 0.29) is 6.03 Å². The van der Waals surface area contributed by atoms with Crippen molar-refractivity contribution in [2.24, 2.45) is 5.92 Å². The van der Waals surface area contributed by atoms with Crippen molar-refractivity contribution in [1.29, 1.82) is 0 Å². The molecule has 2 amide bonds. The molecule has 1 aliphatic carbocycles. The zero-order chi connectivity index (χ0) is 23.3. The second kappa shape index (κ2) is 10.1. The number of rotatable bonds is 6. The van der Waals surface area contributed by atoms with Crippen LogP contribution in [0, 0.1) is 12.8 Å². The summed E-state index contributed by atoms with van der Waals surface area (Å²) in [4.78, 5) is 23.1. The van der Waals surface area contributed by atoms with Gasteiger partial charge in [-0.15, -0.1) is 0 Å². The van der Waals surface area contributed by atoms with Crippen LogP contribution in [0.1, 0.15) is 42.0 Å². The average molecular weight is 455 g/mol. The van der Waals surface area contributed by atoms with Gasteiger partial charge < -0.3 is 15.0 Å². The largest absolute Gasteiger partial charge is 0.437 e. The molecule has 1 N–H and O–H groups in total. The van der Waals surface area contributed by atoms with Crippen LogP contribution in [0.15, 0.2) is 72.6 Å². The van der Waals surface area contributed by atoms with E-state index in [1.165, 1.54) is 11.1 Å². The van der Waals surface area contributed by atoms with E-state index in [9.17, 15) is 4.79 Å². The molecule has 1 aliphatic heterocycles. The maximum absolute atomic E-state index is 12.6. The first-order valence-electron chi connectivity index (χ1n) is 12.0. The number of likely N-dealkylation sites (tertiary alicyclic amines) is 1. The fourth-order valence-corrected chi connectivity index (χ4v) is 4.51. The molecule has 2 heterocycles. The van der Waals surface area contributed by atoms with Gasteiger partial charge in [0, 0.05) is 19.6 Å². The van der Waals surface area contributed by atoms with Crippen LogP contribution in [0.4, 0.5) is 4.79 Å². The van der Waals surface area contributed by atoms with E-state index in [1.54, 1.807) is 12.4 Å². The maximum Gasteiger partial charge on any atom is 0.317 e. The quantitative estimate of drug-likeness (QED) is 0.529. The highest BCUT2D eigenvalue weighted by molar-refractivity contribution is 5.74. The van der Waals surface area contributed by atoms with Crippen molar-refractivity contribution in [1.82, 2.24) is 20.2 Å². The highest BCUT2D eigenvalue weighted by Gasteiger charge is 2.38. The van der Waals surface area contributed by atoms with Gasteiger partial charge in [0.15, 0.2) is 0 Å². The maximum atomic E-state index is 12.6. The summed E-state index contributed by atoms with van der Waals surface area (Å²) in [5.41, 5.74) is 4.68. The van der Waals surface area contributed by atoms with E-state index in [0.29, 0.717) is 17.7 Å². The van der Waals surface area contributed by atoms with Gasteiger partial charge in [0.05, 0.1) is 18.1 Å². The smallest absolute Gasteiger partial charge is 0.317 e. The summed E-state index contributed by atoms with van der Waals surface area (Å²) in [7, 11) is 0. The number of nitrogens with one attached hydrogen (secondary N) is 1. The molecule has 0 radical (unpaired) electrons. The minimum atomic E-state index is 0.0624. The zero-order valence-corrected chi connectivity index (χ0v) is 19.5. The number of urea groups is 1. The Bertz CT molecular complexity index is 1150. The molecule has 2 unspecified atom stereocenters. The molecular weight excluding hydrogens is 424 g/mol. The normalized spacial score (nSPS) is 19.4. The molecule has 1 aromatic heterocycles. The molecule has 1 saturated heterocycles. The van der Waals surface area contributed by atoms with Crippen molar-refractivity contribution in [3.63, 3.8) is 0 Å². The van der Waals surface area contributed by atoms with Crippen LogP contribution >= 0.6 is 0 Å². The summed E-state index contributed by atoms with van der Waals surface area (Å²) in [6.07, 6.45) is 8.47. The summed E-state index contributed by atoms with van der Waals surface area (Å²) in [6.45, 7) is 4.15. The van der Waals surface area contributed by atoms with Crippen LogP contribution in [0.3, 0.4) is 0 Å². The van der Waals surface area contributed by atoms with E-state index < -0.39 is 0 Å². The van der Waals surface area contributed by atoms with E-state index in [2.05, 4.69) is 51.7 Å². The summed E-state index contributed by atoms with van der Waals surface area (Å²) in [5.74, 6) is 2.37. The number of carbonyl (C=O) groups excluding carboxylic acids is 1. The van der Waals surface area contributed by atoms with Gasteiger partial charge in [-0.3, -0.25) is 4.98 Å². The Hall–Kier alpha value is -3.67. The first-order valence-corrected chi connectivity index (χ1v) is 12.0. The predicted octanol–water partition coefficient (Wildman–Crippen LogP) is 5.57. The van der Waals surface area contributed by atoms with Crippen molar-refractivity contribution in [2.45, 2.75) is 32.1 Å². The first-order chi connectivity index (χ1) is 16.6. The lowest BCUT2D eigenvalue weighted by Crippen LogP contribution is -2.43. The van der Waals surface area contributed by atoms with Crippen LogP contribution in [0.25, 0.3) is 6.08 Å². The molecule has 6 heteroatoms. The van der Waals surface area contributed by atoms with Crippen molar-refractivity contribution >= 4 is 12.1 Å². The van der Waals surface area contributed by atoms with Gasteiger partial charge >= 0.3 is 6.03 Å². The number of hydrogen-bond acceptors (Lipinski definition) is 4. The number of piperidine rings is 1. The molecule has 174 valence electrons. The Balaban J connectivity index is 1.09. The lowest BCUT2D eigenvalue weighted by molar-refractivity contribution is 0.193. The van der Waals surface area contributed by atoms with Gasteiger partial charge in [0.25, 0.3) is 0 Å². The summed E-state index contributed by atoms with van der Waals surface area (Å²) < 4.78 is 5.83. The number of aryl methyl sites for hydroxylation is 1. The summed E-state index contributed by atoms with van der Waals surface area (Å²) in [5, 5.41) is 3.15. The van der Waals surface area contributed by atoms with Crippen LogP contribution < -0.4 is 10.1 Å². The third kappa shape index (κ3) is 5.63. The Morgan fingerprint density at radius 3 is 2.68 bits per heavy atom. The molecule has 0 bridgehead atoms. The van der Waals surface area contributed by atoms with Gasteiger partial charge in [-0.1, -0.05) is 54.1 Å². The van der Waals surface area contributed by atoms with Crippen LogP contribution in [-0.4, -0.2) is 40.5 Å². The minimum absolute atomic E-state index is 0.0624. The summed E-state index contributed by atoms with van der Waals surface area (Å²) in [6, 6.07) is 18.6. The molecule has 3 aromatic rings. The minimum Gasteiger partial charge on any atom is -0.437 e. The van der Waals surface area contributed by atoms with Crippen molar-refractivity contribution in [3.05, 3.63) is 89.4 Å². The molecular formula is C28H30N4O2. The highest BCUT2D eigenvalue weighted by atomic mass is 16.5. The molecule has 34 heavy (non-hydrogen) atoms. The van der Waals surface area contributed by atoms with E-state index in [1.807, 2.05) is 36.1 Å². The topological polar surface area (TPSA) is 67.3 Å². The second-order valence-corrected chi connectivity index (χ2v) is 9.16. The van der Waals surface area contributed by atoms with Crippen molar-refractivity contribution in [2.75, 3.05) is 19.6 Å². The molecule has 2 fully saturated rings. The predicted molar refractivity (Wildman–Crippen MR) is 133 cm³/mol. The molecule has 2 aromatic carbocycles. The fraction of sp³-hybridized carbons (Fsp3) is 0.321. The van der Waals surface area contributed by atoms with E-state index >= 15 is 0 Å². The second-order valence-electron chi connectivity index (χ2n) is 9.16. The molecule has 2 atom stereocenters. The Labute approximate surface area is 200 Å². The molecule has 2 aliphatic rings. The SMILES string of the molecule is Cc1cnc(Oc2cccc(C=C3CCN(C(=O)NCC4CC4c4ccccc4)CC3)c2)cn1. The molecule has 0 spiro atoms. The standard InChI is InChI=1S/C28H30N4O2/c1-20-17-30-27(19-29-20)34-25-9-5-6-22(15-25)14-21-10-12-32(13-11-21)28(33)31-18-24-16-26(24)23-7-3-2-4-8-23/h2-9,14-15,17,19,24,26H,10-13,16,18H2,1H3,(H,31,33). The van der Waals surface area contributed by atoms with Gasteiger partial charge in [-0.2, -0.15) is 0 Å². The number of amides is 2. The first kappa shape index (κ1) is 22.1. The molecule has 1 saturated carbocycles. The van der Waals surface area contributed by atoms with Crippen LogP contribution in [-0.2, 0) is 0 Å². The monoisotopic (exact) mass is 454 g/mol. The number of ether oxygens (including phenoxy) is 1. The Morgan fingerprint density at radius 1 is 1.09 bits per heavy atom. The lowest BCUT2D eigenvalue weighted by atomic mass is 10.0. The number of aromatic nitrogens is 2. The zero-order valence-electron chi connectivity index (χ0n) is 19.5. The van der Waals surface area contributed by atoms with Crippen LogP contribution in [0.5, 0.6) is 11.6 Å². The highest BCUT2D eigenvalue weighted by Crippen LogP contribution is 2.46. The fourth-order valence-electron chi connectivity index (χ4n) is 4.51. The van der Waals surface area contributed by atoms with Gasteiger partial charge in [-0.25, -0.2) is 9.78 Å². The Kier molecular flexibility index (Phi) is 6.56. The molecule has 5 rings (SSSR count). The third-order valence-corrected chi connectivity index (χ3v) is 6.57. The average Bonchev–Trinajstić information content (AvgIpc) is 3.65. The van der Waals surface area contributed by atoms with Gasteiger partial charge in [0.1, 0.15) is 5.75 Å². The van der Waals surface area contributed by atoms with E-state index in [4.69, 9.17) is 4.74 Å². The third-order valence-electron chi connectivity index (χ3n) is 6.57. The summed E-state index contributed by atoms with van der Waals surface area (Å²) >= 11 is 0. The van der Waals surface area contributed by atoms with Crippen LogP contribution in [0.2, 0.25) is 0 Å². The van der Waals surface area contributed by atoms with E-state index in [0.717, 1.165) is 55.9 Å². The Morgan fingerprint density at radius 2 is 1.91 bits per heavy atom. The van der Waals surface area contributed by atoms with Crippen molar-refractivity contribution in [3.8, 4) is 11.6 Å². The number of nitrogens with zero attached hydrogens (tertiary/aromatic N) is 3. The van der Waals surface area contributed by atoms with Gasteiger partial charge in [0.2, 0.25) is 5.88 Å². The number of carbonyl (C=O) groups is 1. The number of benzene rings is 2. The lowest BCUT2D eigenvalue weighted by Gasteiger charge is -2.28. The molecule has 6 nitrogen and oxygen atoms in total. The number of hydrogen-bond donors (Lipinski definition) is 1. The van der Waals surface area contributed by atoms with Gasteiger partial charge in [-0.05, 0) is 61.3 Å².